The molecule has 0 unspecified atom stereocenters. The number of alkyl carbamates (subject to hydrolysis) is 1. The zero-order chi connectivity index (χ0) is 17.1. The Balaban J connectivity index is 4.63. The summed E-state index contributed by atoms with van der Waals surface area (Å²) in [6.07, 6.45) is -0.375. The zero-order valence-electron chi connectivity index (χ0n) is 15.6. The molecule has 0 rings (SSSR count). The highest BCUT2D eigenvalue weighted by Crippen LogP contribution is 2.36. The lowest BCUT2D eigenvalue weighted by Crippen LogP contribution is -2.49. The fourth-order valence-corrected chi connectivity index (χ4v) is 2.40. The van der Waals surface area contributed by atoms with E-state index in [1.807, 2.05) is 20.8 Å². The zero-order valence-corrected chi connectivity index (χ0v) is 16.6. The molecule has 0 aromatic heterocycles. The molecule has 0 aliphatic rings. The summed E-state index contributed by atoms with van der Waals surface area (Å²) < 4.78 is 11.5. The van der Waals surface area contributed by atoms with Crippen molar-refractivity contribution in [2.45, 2.75) is 85.2 Å². The molecular weight excluding hydrogens is 282 g/mol. The van der Waals surface area contributed by atoms with Gasteiger partial charge in [-0.3, -0.25) is 0 Å². The molecule has 0 heterocycles. The summed E-state index contributed by atoms with van der Waals surface area (Å²) in [7, 11) is -1.80. The smallest absolute Gasteiger partial charge is 0.407 e. The summed E-state index contributed by atoms with van der Waals surface area (Å²) in [5.41, 5.74) is -0.480. The molecule has 0 bridgehead atoms. The lowest BCUT2D eigenvalue weighted by atomic mass is 10.1. The van der Waals surface area contributed by atoms with Crippen LogP contribution in [0.25, 0.3) is 0 Å². The third-order valence-corrected chi connectivity index (χ3v) is 8.44. The van der Waals surface area contributed by atoms with Gasteiger partial charge in [0.25, 0.3) is 0 Å². The van der Waals surface area contributed by atoms with Gasteiger partial charge in [-0.05, 0) is 44.8 Å². The van der Waals surface area contributed by atoms with Gasteiger partial charge in [0.2, 0.25) is 0 Å². The molecule has 0 saturated carbocycles. The molecule has 0 aliphatic carbocycles. The summed E-state index contributed by atoms with van der Waals surface area (Å²) in [5, 5.41) is 3.10. The van der Waals surface area contributed by atoms with Gasteiger partial charge >= 0.3 is 6.09 Å². The minimum Gasteiger partial charge on any atom is -0.444 e. The van der Waals surface area contributed by atoms with Crippen molar-refractivity contribution in [2.24, 2.45) is 5.92 Å². The first-order valence-electron chi connectivity index (χ1n) is 7.79. The van der Waals surface area contributed by atoms with Crippen molar-refractivity contribution in [1.82, 2.24) is 5.32 Å². The van der Waals surface area contributed by atoms with Crippen LogP contribution in [0.15, 0.2) is 0 Å². The van der Waals surface area contributed by atoms with Crippen molar-refractivity contribution in [2.75, 3.05) is 6.61 Å². The summed E-state index contributed by atoms with van der Waals surface area (Å²) in [4.78, 5) is 11.9. The third kappa shape index (κ3) is 7.86. The van der Waals surface area contributed by atoms with Crippen LogP contribution in [0, 0.1) is 5.92 Å². The fourth-order valence-electron chi connectivity index (χ4n) is 1.37. The van der Waals surface area contributed by atoms with Crippen LogP contribution in [0.2, 0.25) is 18.1 Å². The molecule has 1 amide bonds. The molecular formula is C16H35NO3Si. The Bertz CT molecular complexity index is 340. The number of carbonyl (C=O) groups excluding carboxylic acids is 1. The highest BCUT2D eigenvalue weighted by molar-refractivity contribution is 6.74. The minimum atomic E-state index is -1.80. The number of rotatable bonds is 5. The summed E-state index contributed by atoms with van der Waals surface area (Å²) >= 11 is 0. The SMILES string of the molecule is CC(C)[C@@H](CO[Si](C)(C)C(C)(C)C)NC(=O)OC(C)(C)C. The molecule has 0 fully saturated rings. The first kappa shape index (κ1) is 20.4. The van der Waals surface area contributed by atoms with Crippen LogP contribution in [-0.4, -0.2) is 32.7 Å². The van der Waals surface area contributed by atoms with Gasteiger partial charge in [0.1, 0.15) is 5.60 Å². The molecule has 0 aliphatic heterocycles. The average Bonchev–Trinajstić information content (AvgIpc) is 2.19. The van der Waals surface area contributed by atoms with Crippen LogP contribution in [0.4, 0.5) is 4.79 Å². The van der Waals surface area contributed by atoms with Crippen molar-refractivity contribution in [3.05, 3.63) is 0 Å². The van der Waals surface area contributed by atoms with Crippen molar-refractivity contribution in [1.29, 1.82) is 0 Å². The molecule has 4 nitrogen and oxygen atoms in total. The summed E-state index contributed by atoms with van der Waals surface area (Å²) in [5.74, 6) is 0.294. The van der Waals surface area contributed by atoms with E-state index in [0.29, 0.717) is 12.5 Å². The predicted molar refractivity (Wildman–Crippen MR) is 91.1 cm³/mol. The van der Waals surface area contributed by atoms with E-state index < -0.39 is 13.9 Å². The van der Waals surface area contributed by atoms with Crippen molar-refractivity contribution in [3.8, 4) is 0 Å². The van der Waals surface area contributed by atoms with E-state index in [1.54, 1.807) is 0 Å². The molecule has 21 heavy (non-hydrogen) atoms. The normalized spacial score (nSPS) is 15.0. The lowest BCUT2D eigenvalue weighted by molar-refractivity contribution is 0.0465. The number of hydrogen-bond acceptors (Lipinski definition) is 3. The Hall–Kier alpha value is -0.553. The van der Waals surface area contributed by atoms with Gasteiger partial charge in [0, 0.05) is 0 Å². The van der Waals surface area contributed by atoms with Crippen molar-refractivity contribution >= 4 is 14.4 Å². The second-order valence-corrected chi connectivity index (χ2v) is 13.4. The van der Waals surface area contributed by atoms with E-state index in [1.165, 1.54) is 0 Å². The highest BCUT2D eigenvalue weighted by Gasteiger charge is 2.38. The number of hydrogen-bond donors (Lipinski definition) is 1. The first-order valence-corrected chi connectivity index (χ1v) is 10.7. The van der Waals surface area contributed by atoms with Crippen molar-refractivity contribution in [3.63, 3.8) is 0 Å². The first-order chi connectivity index (χ1) is 9.16. The van der Waals surface area contributed by atoms with E-state index in [9.17, 15) is 4.79 Å². The average molecular weight is 318 g/mol. The van der Waals surface area contributed by atoms with Gasteiger partial charge in [-0.15, -0.1) is 0 Å². The number of nitrogens with one attached hydrogen (secondary N) is 1. The van der Waals surface area contributed by atoms with Gasteiger partial charge in [0.05, 0.1) is 12.6 Å². The van der Waals surface area contributed by atoms with Crippen LogP contribution in [0.1, 0.15) is 55.4 Å². The van der Waals surface area contributed by atoms with Gasteiger partial charge in [0.15, 0.2) is 8.32 Å². The van der Waals surface area contributed by atoms with Crippen LogP contribution in [0.5, 0.6) is 0 Å². The Morgan fingerprint density at radius 2 is 1.57 bits per heavy atom. The topological polar surface area (TPSA) is 47.6 Å². The second kappa shape index (κ2) is 7.14. The number of amides is 1. The molecule has 0 radical (unpaired) electrons. The second-order valence-electron chi connectivity index (χ2n) is 8.57. The molecule has 0 saturated heterocycles. The van der Waals surface area contributed by atoms with E-state index >= 15 is 0 Å². The lowest BCUT2D eigenvalue weighted by Gasteiger charge is -2.38. The maximum Gasteiger partial charge on any atom is 0.407 e. The van der Waals surface area contributed by atoms with Gasteiger partial charge in [-0.2, -0.15) is 0 Å². The Labute approximate surface area is 132 Å². The summed E-state index contributed by atoms with van der Waals surface area (Å²) in [6, 6.07) is -0.0334. The Morgan fingerprint density at radius 1 is 1.10 bits per heavy atom. The monoisotopic (exact) mass is 317 g/mol. The minimum absolute atomic E-state index is 0.0334. The molecule has 5 heteroatoms. The molecule has 0 aromatic rings. The van der Waals surface area contributed by atoms with Gasteiger partial charge in [-0.1, -0.05) is 34.6 Å². The number of ether oxygens (including phenoxy) is 1. The van der Waals surface area contributed by atoms with Crippen LogP contribution >= 0.6 is 0 Å². The van der Waals surface area contributed by atoms with Gasteiger partial charge < -0.3 is 14.5 Å². The fraction of sp³-hybridized carbons (Fsp3) is 0.938. The third-order valence-electron chi connectivity index (χ3n) is 3.94. The highest BCUT2D eigenvalue weighted by atomic mass is 28.4. The molecule has 1 N–H and O–H groups in total. The Kier molecular flexibility index (Phi) is 6.95. The molecule has 0 aromatic carbocycles. The van der Waals surface area contributed by atoms with E-state index in [0.717, 1.165) is 0 Å². The van der Waals surface area contributed by atoms with Crippen LogP contribution in [-0.2, 0) is 9.16 Å². The maximum absolute atomic E-state index is 11.9. The molecule has 126 valence electrons. The largest absolute Gasteiger partial charge is 0.444 e. The standard InChI is InChI=1S/C16H35NO3Si/c1-12(2)13(17-14(18)20-15(3,4)5)11-19-21(9,10)16(6,7)8/h12-13H,11H2,1-10H3,(H,17,18)/t13-/m1/s1. The van der Waals surface area contributed by atoms with Crippen LogP contribution < -0.4 is 5.32 Å². The summed E-state index contributed by atoms with van der Waals surface area (Å²) in [6.45, 7) is 21.4. The predicted octanol–water partition coefficient (Wildman–Crippen LogP) is 4.56. The van der Waals surface area contributed by atoms with E-state index in [4.69, 9.17) is 9.16 Å². The van der Waals surface area contributed by atoms with Gasteiger partial charge in [-0.25, -0.2) is 4.79 Å². The van der Waals surface area contributed by atoms with E-state index in [2.05, 4.69) is 53.0 Å². The van der Waals surface area contributed by atoms with E-state index in [-0.39, 0.29) is 17.2 Å². The number of carbonyl (C=O) groups is 1. The molecule has 1 atom stereocenters. The van der Waals surface area contributed by atoms with Crippen molar-refractivity contribution < 1.29 is 14.0 Å². The quantitative estimate of drug-likeness (QED) is 0.756. The maximum atomic E-state index is 11.9. The molecule has 0 spiro atoms. The van der Waals surface area contributed by atoms with Crippen LogP contribution in [0.3, 0.4) is 0 Å². The Morgan fingerprint density at radius 3 is 1.90 bits per heavy atom.